The van der Waals surface area contributed by atoms with Gasteiger partial charge in [0.05, 0.1) is 17.1 Å². The molecule has 2 aromatic heterocycles. The van der Waals surface area contributed by atoms with Crippen LogP contribution in [0.25, 0.3) is 55.3 Å². The number of allylic oxidation sites excluding steroid dienone is 6. The average molecular weight is 758 g/mol. The van der Waals surface area contributed by atoms with Crippen molar-refractivity contribution >= 4 is 33.1 Å². The Labute approximate surface area is 345 Å². The van der Waals surface area contributed by atoms with Crippen LogP contribution in [0.3, 0.4) is 0 Å². The summed E-state index contributed by atoms with van der Waals surface area (Å²) in [5.74, 6) is 0.445. The van der Waals surface area contributed by atoms with Crippen LogP contribution >= 0.6 is 0 Å². The first kappa shape index (κ1) is 34.1. The third kappa shape index (κ3) is 5.24. The second-order valence-electron chi connectivity index (χ2n) is 17.1. The second kappa shape index (κ2) is 13.0. The van der Waals surface area contributed by atoms with Crippen molar-refractivity contribution in [2.75, 3.05) is 4.90 Å². The summed E-state index contributed by atoms with van der Waals surface area (Å²) in [4.78, 5) is 7.45. The first-order chi connectivity index (χ1) is 29.0. The highest BCUT2D eigenvalue weighted by molar-refractivity contribution is 6.10. The molecule has 3 atom stereocenters. The minimum Gasteiger partial charge on any atom is -0.337 e. The van der Waals surface area contributed by atoms with Gasteiger partial charge in [-0.1, -0.05) is 141 Å². The number of nitrogens with zero attached hydrogens (tertiary/aromatic N) is 3. The van der Waals surface area contributed by atoms with Gasteiger partial charge in [0.25, 0.3) is 0 Å². The summed E-state index contributed by atoms with van der Waals surface area (Å²) >= 11 is 0. The maximum Gasteiger partial charge on any atom is 0.0626 e. The fraction of sp³-hybridized carbons (Fsp3) is 0.125. The van der Waals surface area contributed by atoms with E-state index < -0.39 is 0 Å². The number of fused-ring (bicyclic) bond motifs is 9. The lowest BCUT2D eigenvalue weighted by atomic mass is 9.82. The van der Waals surface area contributed by atoms with E-state index in [4.69, 9.17) is 4.98 Å². The molecule has 0 amide bonds. The SMILES string of the molecule is CC1(C)c2ccccc2-c2cc(-n3c4ccccc4c4cc(-c5ccc6c(c5)C5C=CC=CC5N6C5=CC(c6ccccc6)=CC(c6ccccn6)C5)ccc43)ccc21. The van der Waals surface area contributed by atoms with E-state index in [0.29, 0.717) is 0 Å². The number of hydrogen-bond donors (Lipinski definition) is 0. The maximum atomic E-state index is 4.83. The van der Waals surface area contributed by atoms with Gasteiger partial charge in [0.1, 0.15) is 0 Å². The van der Waals surface area contributed by atoms with Gasteiger partial charge >= 0.3 is 0 Å². The number of benzene rings is 6. The van der Waals surface area contributed by atoms with E-state index in [9.17, 15) is 0 Å². The Morgan fingerprint density at radius 2 is 1.37 bits per heavy atom. The van der Waals surface area contributed by atoms with Gasteiger partial charge in [0.2, 0.25) is 0 Å². The van der Waals surface area contributed by atoms with Crippen LogP contribution in [0, 0.1) is 0 Å². The van der Waals surface area contributed by atoms with Gasteiger partial charge in [-0.05, 0) is 117 Å². The minimum absolute atomic E-state index is 0.0195. The van der Waals surface area contributed by atoms with Crippen molar-refractivity contribution in [3.63, 3.8) is 0 Å². The molecule has 3 unspecified atom stereocenters. The number of anilines is 1. The van der Waals surface area contributed by atoms with Crippen molar-refractivity contribution in [3.05, 3.63) is 228 Å². The molecule has 0 spiro atoms. The molecule has 0 saturated carbocycles. The first-order valence-corrected chi connectivity index (χ1v) is 21.0. The van der Waals surface area contributed by atoms with Crippen molar-refractivity contribution in [2.24, 2.45) is 0 Å². The quantitative estimate of drug-likeness (QED) is 0.174. The summed E-state index contributed by atoms with van der Waals surface area (Å²) < 4.78 is 2.46. The standard InChI is InChI=1S/C56H43N3/c1-56(2)49-19-9-6-16-43(49)46-35-41(25-26-50(46)56)58-52-21-10-7-17-44(52)47-33-37(23-27-54(47)58)38-24-28-55-48(34-38)45-18-8-11-22-53(45)59(55)42-31-39(36-14-4-3-5-15-36)30-40(32-42)51-20-12-13-29-57-51/h3-31,33-35,40,45,53H,32H2,1-2H3. The Morgan fingerprint density at radius 3 is 2.27 bits per heavy atom. The highest BCUT2D eigenvalue weighted by atomic mass is 15.2. The zero-order valence-electron chi connectivity index (χ0n) is 33.3. The molecule has 3 heteroatoms. The van der Waals surface area contributed by atoms with Crippen LogP contribution in [0.4, 0.5) is 5.69 Å². The molecule has 0 saturated heterocycles. The van der Waals surface area contributed by atoms with Gasteiger partial charge in [0, 0.05) is 57.0 Å². The zero-order chi connectivity index (χ0) is 39.2. The van der Waals surface area contributed by atoms with E-state index >= 15 is 0 Å². The van der Waals surface area contributed by atoms with E-state index in [2.05, 4.69) is 205 Å². The molecule has 3 aliphatic carbocycles. The minimum atomic E-state index is -0.0195. The van der Waals surface area contributed by atoms with E-state index in [-0.39, 0.29) is 23.3 Å². The van der Waals surface area contributed by atoms with E-state index in [1.165, 1.54) is 89.0 Å². The smallest absolute Gasteiger partial charge is 0.0626 e. The Kier molecular flexibility index (Phi) is 7.53. The molecular formula is C56H43N3. The summed E-state index contributed by atoms with van der Waals surface area (Å²) in [6.07, 6.45) is 16.9. The van der Waals surface area contributed by atoms with Gasteiger partial charge in [0.15, 0.2) is 0 Å². The third-order valence-corrected chi connectivity index (χ3v) is 13.5. The van der Waals surface area contributed by atoms with Crippen LogP contribution in [0.1, 0.15) is 60.1 Å². The predicted octanol–water partition coefficient (Wildman–Crippen LogP) is 13.7. The van der Waals surface area contributed by atoms with Crippen molar-refractivity contribution in [1.82, 2.24) is 9.55 Å². The Balaban J connectivity index is 0.956. The van der Waals surface area contributed by atoms with E-state index in [0.717, 1.165) is 12.1 Å². The molecule has 4 aliphatic rings. The fourth-order valence-corrected chi connectivity index (χ4v) is 10.7. The fourth-order valence-electron chi connectivity index (χ4n) is 10.7. The number of rotatable bonds is 5. The lowest BCUT2D eigenvalue weighted by Crippen LogP contribution is -2.33. The van der Waals surface area contributed by atoms with Gasteiger partial charge in [-0.25, -0.2) is 0 Å². The Hall–Kier alpha value is -6.97. The summed E-state index contributed by atoms with van der Waals surface area (Å²) in [6, 6.07) is 56.4. The van der Waals surface area contributed by atoms with Gasteiger partial charge < -0.3 is 9.47 Å². The molecule has 1 aliphatic heterocycles. The predicted molar refractivity (Wildman–Crippen MR) is 245 cm³/mol. The first-order valence-electron chi connectivity index (χ1n) is 21.0. The number of aromatic nitrogens is 2. The normalized spacial score (nSPS) is 19.6. The summed E-state index contributed by atoms with van der Waals surface area (Å²) in [6.45, 7) is 4.70. The molecule has 0 bridgehead atoms. The largest absolute Gasteiger partial charge is 0.337 e. The van der Waals surface area contributed by atoms with Gasteiger partial charge in [-0.15, -0.1) is 0 Å². The molecule has 282 valence electrons. The van der Waals surface area contributed by atoms with Crippen LogP contribution in [-0.4, -0.2) is 15.6 Å². The Morgan fingerprint density at radius 1 is 0.610 bits per heavy atom. The molecule has 3 heterocycles. The van der Waals surface area contributed by atoms with Crippen molar-refractivity contribution in [3.8, 4) is 27.9 Å². The lowest BCUT2D eigenvalue weighted by molar-refractivity contribution is 0.660. The summed E-state index contributed by atoms with van der Waals surface area (Å²) in [5.41, 5.74) is 19.2. The molecule has 59 heavy (non-hydrogen) atoms. The van der Waals surface area contributed by atoms with Crippen LogP contribution < -0.4 is 4.90 Å². The zero-order valence-corrected chi connectivity index (χ0v) is 33.3. The van der Waals surface area contributed by atoms with Gasteiger partial charge in [-0.2, -0.15) is 0 Å². The Bertz CT molecular complexity index is 3120. The highest BCUT2D eigenvalue weighted by Gasteiger charge is 2.40. The molecule has 8 aromatic rings. The van der Waals surface area contributed by atoms with E-state index in [1.807, 2.05) is 12.3 Å². The maximum absolute atomic E-state index is 4.83. The summed E-state index contributed by atoms with van der Waals surface area (Å²) in [7, 11) is 0. The van der Waals surface area contributed by atoms with E-state index in [1.54, 1.807) is 0 Å². The third-order valence-electron chi connectivity index (χ3n) is 13.5. The van der Waals surface area contributed by atoms with Crippen molar-refractivity contribution < 1.29 is 0 Å². The molecule has 0 N–H and O–H groups in total. The summed E-state index contributed by atoms with van der Waals surface area (Å²) in [5, 5.41) is 2.54. The number of hydrogen-bond acceptors (Lipinski definition) is 2. The molecule has 0 fully saturated rings. The van der Waals surface area contributed by atoms with Crippen LogP contribution in [0.2, 0.25) is 0 Å². The molecular weight excluding hydrogens is 715 g/mol. The number of para-hydroxylation sites is 1. The van der Waals surface area contributed by atoms with Crippen LogP contribution in [0.15, 0.2) is 200 Å². The van der Waals surface area contributed by atoms with Gasteiger partial charge in [-0.3, -0.25) is 4.98 Å². The lowest BCUT2D eigenvalue weighted by Gasteiger charge is -2.34. The topological polar surface area (TPSA) is 21.1 Å². The second-order valence-corrected chi connectivity index (χ2v) is 17.1. The van der Waals surface area contributed by atoms with Crippen LogP contribution in [-0.2, 0) is 5.41 Å². The number of pyridine rings is 1. The average Bonchev–Trinajstić information content (AvgIpc) is 3.89. The molecule has 12 rings (SSSR count). The molecule has 3 nitrogen and oxygen atoms in total. The monoisotopic (exact) mass is 757 g/mol. The van der Waals surface area contributed by atoms with Crippen LogP contribution in [0.5, 0.6) is 0 Å². The molecule has 6 aromatic carbocycles. The van der Waals surface area contributed by atoms with Crippen molar-refractivity contribution in [2.45, 2.75) is 43.6 Å². The molecule has 0 radical (unpaired) electrons. The highest BCUT2D eigenvalue weighted by Crippen LogP contribution is 2.51. The van der Waals surface area contributed by atoms with Crippen molar-refractivity contribution in [1.29, 1.82) is 0 Å².